The highest BCUT2D eigenvalue weighted by atomic mass is 32.2. The number of anilines is 1. The quantitative estimate of drug-likeness (QED) is 0.173. The third kappa shape index (κ3) is 7.61. The molecular formula is C25H21F3N4O3S2. The van der Waals surface area contributed by atoms with Crippen molar-refractivity contribution < 1.29 is 27.4 Å². The zero-order chi connectivity index (χ0) is 26.4. The number of halogens is 3. The van der Waals surface area contributed by atoms with E-state index in [9.17, 15) is 18.0 Å². The number of fused-ring (bicyclic) bond motifs is 1. The monoisotopic (exact) mass is 546 g/mol. The maximum atomic E-state index is 12.3. The Hall–Kier alpha value is -3.77. The molecule has 0 aliphatic heterocycles. The summed E-state index contributed by atoms with van der Waals surface area (Å²) in [4.78, 5) is 16.6. The summed E-state index contributed by atoms with van der Waals surface area (Å²) in [5.74, 6) is 0.263. The molecule has 1 aromatic heterocycles. The van der Waals surface area contributed by atoms with Crippen molar-refractivity contribution in [2.75, 3.05) is 5.32 Å². The fraction of sp³-hybridized carbons (Fsp3) is 0.160. The zero-order valence-electron chi connectivity index (χ0n) is 19.6. The molecule has 0 radical (unpaired) electrons. The van der Waals surface area contributed by atoms with Crippen molar-refractivity contribution in [3.8, 4) is 16.7 Å². The topological polar surface area (TPSA) is 84.8 Å². The van der Waals surface area contributed by atoms with Crippen LogP contribution in [0.2, 0.25) is 0 Å². The smallest absolute Gasteiger partial charge is 0.431 e. The Morgan fingerprint density at radius 1 is 1.08 bits per heavy atom. The SMILES string of the molecule is CC(C)c1ccccc1NC(=O)NS/N=C/c1ccc2nc(Oc3ccc(OC(F)(F)F)cc3)sc2c1. The van der Waals surface area contributed by atoms with Crippen LogP contribution in [0.25, 0.3) is 10.2 Å². The van der Waals surface area contributed by atoms with Gasteiger partial charge in [-0.05, 0) is 59.5 Å². The molecule has 3 aromatic carbocycles. The Morgan fingerprint density at radius 3 is 2.54 bits per heavy atom. The summed E-state index contributed by atoms with van der Waals surface area (Å²) < 4.78 is 54.0. The number of aromatic nitrogens is 1. The van der Waals surface area contributed by atoms with Crippen LogP contribution in [0.1, 0.15) is 30.9 Å². The van der Waals surface area contributed by atoms with Crippen LogP contribution in [-0.2, 0) is 0 Å². The molecule has 0 aliphatic carbocycles. The second kappa shape index (κ2) is 11.5. The second-order valence-corrected chi connectivity index (χ2v) is 9.54. The molecule has 0 saturated carbocycles. The van der Waals surface area contributed by atoms with Crippen LogP contribution in [0.15, 0.2) is 71.1 Å². The number of hydrogen-bond acceptors (Lipinski definition) is 7. The summed E-state index contributed by atoms with van der Waals surface area (Å²) in [6, 6.07) is 17.8. The van der Waals surface area contributed by atoms with E-state index in [4.69, 9.17) is 4.74 Å². The summed E-state index contributed by atoms with van der Waals surface area (Å²) in [5.41, 5.74) is 3.28. The largest absolute Gasteiger partial charge is 0.573 e. The van der Waals surface area contributed by atoms with E-state index in [2.05, 4.69) is 38.0 Å². The number of urea groups is 1. The first-order chi connectivity index (χ1) is 17.7. The summed E-state index contributed by atoms with van der Waals surface area (Å²) in [6.45, 7) is 4.11. The maximum Gasteiger partial charge on any atom is 0.573 e. The van der Waals surface area contributed by atoms with Crippen molar-refractivity contribution in [1.29, 1.82) is 0 Å². The van der Waals surface area contributed by atoms with Gasteiger partial charge in [-0.1, -0.05) is 49.4 Å². The van der Waals surface area contributed by atoms with Gasteiger partial charge in [0.2, 0.25) is 0 Å². The summed E-state index contributed by atoms with van der Waals surface area (Å²) in [5, 5.41) is 3.16. The molecule has 4 rings (SSSR count). The summed E-state index contributed by atoms with van der Waals surface area (Å²) in [6.07, 6.45) is -3.15. The van der Waals surface area contributed by atoms with Crippen LogP contribution >= 0.6 is 23.5 Å². The predicted octanol–water partition coefficient (Wildman–Crippen LogP) is 7.91. The molecule has 192 valence electrons. The molecule has 37 heavy (non-hydrogen) atoms. The highest BCUT2D eigenvalue weighted by Crippen LogP contribution is 2.33. The standard InChI is InChI=1S/C25H21F3N4O3S2/c1-15(2)19-5-3-4-6-20(19)30-23(33)32-37-29-14-16-7-12-21-22(13-16)36-24(31-21)34-17-8-10-18(11-9-17)35-25(26,27)28/h3-15H,1-2H3,(H2,30,32,33)/b29-14+. The van der Waals surface area contributed by atoms with Crippen molar-refractivity contribution in [1.82, 2.24) is 9.71 Å². The number of para-hydroxylation sites is 1. The van der Waals surface area contributed by atoms with E-state index in [1.54, 1.807) is 12.3 Å². The van der Waals surface area contributed by atoms with Crippen molar-refractivity contribution >= 4 is 51.6 Å². The minimum Gasteiger partial charge on any atom is -0.431 e. The Balaban J connectivity index is 1.32. The number of nitrogens with one attached hydrogen (secondary N) is 2. The lowest BCUT2D eigenvalue weighted by atomic mass is 10.0. The van der Waals surface area contributed by atoms with Gasteiger partial charge in [0.1, 0.15) is 11.5 Å². The number of thiazole rings is 1. The molecule has 0 bridgehead atoms. The molecule has 0 unspecified atom stereocenters. The predicted molar refractivity (Wildman–Crippen MR) is 141 cm³/mol. The highest BCUT2D eigenvalue weighted by Gasteiger charge is 2.31. The van der Waals surface area contributed by atoms with Gasteiger partial charge in [0.25, 0.3) is 5.19 Å². The van der Waals surface area contributed by atoms with Crippen LogP contribution in [-0.4, -0.2) is 23.6 Å². The van der Waals surface area contributed by atoms with E-state index in [1.165, 1.54) is 35.6 Å². The van der Waals surface area contributed by atoms with E-state index >= 15 is 0 Å². The van der Waals surface area contributed by atoms with Gasteiger partial charge in [-0.2, -0.15) is 0 Å². The third-order valence-corrected chi connectivity index (χ3v) is 6.26. The van der Waals surface area contributed by atoms with Crippen LogP contribution in [0, 0.1) is 0 Å². The highest BCUT2D eigenvalue weighted by molar-refractivity contribution is 7.96. The minimum atomic E-state index is -4.75. The maximum absolute atomic E-state index is 12.3. The van der Waals surface area contributed by atoms with Gasteiger partial charge in [0.05, 0.1) is 22.4 Å². The lowest BCUT2D eigenvalue weighted by Gasteiger charge is -2.13. The average molecular weight is 547 g/mol. The average Bonchev–Trinajstić information content (AvgIpc) is 3.24. The van der Waals surface area contributed by atoms with Crippen LogP contribution in [0.5, 0.6) is 16.7 Å². The number of benzene rings is 3. The van der Waals surface area contributed by atoms with Gasteiger partial charge in [-0.3, -0.25) is 4.72 Å². The van der Waals surface area contributed by atoms with Gasteiger partial charge in [-0.15, -0.1) is 13.2 Å². The first kappa shape index (κ1) is 26.3. The number of hydrogen-bond donors (Lipinski definition) is 2. The van der Waals surface area contributed by atoms with Gasteiger partial charge >= 0.3 is 12.4 Å². The Labute approximate surface area is 219 Å². The fourth-order valence-corrected chi connectivity index (χ4v) is 4.52. The van der Waals surface area contributed by atoms with Gasteiger partial charge in [0.15, 0.2) is 0 Å². The molecule has 0 atom stereocenters. The number of rotatable bonds is 8. The van der Waals surface area contributed by atoms with E-state index in [1.807, 2.05) is 36.4 Å². The van der Waals surface area contributed by atoms with Crippen LogP contribution < -0.4 is 19.5 Å². The lowest BCUT2D eigenvalue weighted by molar-refractivity contribution is -0.274. The van der Waals surface area contributed by atoms with Crippen LogP contribution in [0.3, 0.4) is 0 Å². The fourth-order valence-electron chi connectivity index (χ4n) is 3.27. The molecule has 2 N–H and O–H groups in total. The zero-order valence-corrected chi connectivity index (χ0v) is 21.2. The van der Waals surface area contributed by atoms with Crippen molar-refractivity contribution in [3.05, 3.63) is 77.9 Å². The number of amides is 2. The molecule has 4 aromatic rings. The first-order valence-corrected chi connectivity index (χ1v) is 12.5. The number of carbonyl (C=O) groups excluding carboxylic acids is 1. The lowest BCUT2D eigenvalue weighted by Crippen LogP contribution is -2.23. The second-order valence-electron chi connectivity index (χ2n) is 7.95. The molecule has 0 fully saturated rings. The molecule has 1 heterocycles. The number of ether oxygens (including phenoxy) is 2. The van der Waals surface area contributed by atoms with Crippen molar-refractivity contribution in [2.45, 2.75) is 26.1 Å². The van der Waals surface area contributed by atoms with E-state index in [0.717, 1.165) is 33.6 Å². The first-order valence-electron chi connectivity index (χ1n) is 11.0. The van der Waals surface area contributed by atoms with Crippen molar-refractivity contribution in [2.24, 2.45) is 4.40 Å². The molecule has 0 saturated heterocycles. The Kier molecular flexibility index (Phi) is 8.19. The number of carbonyl (C=O) groups is 1. The minimum absolute atomic E-state index is 0.271. The number of alkyl halides is 3. The number of nitrogens with zero attached hydrogens (tertiary/aromatic N) is 2. The summed E-state index contributed by atoms with van der Waals surface area (Å²) in [7, 11) is 0. The molecule has 7 nitrogen and oxygen atoms in total. The normalized spacial score (nSPS) is 11.7. The molecule has 0 aliphatic rings. The van der Waals surface area contributed by atoms with Crippen LogP contribution in [0.4, 0.5) is 23.7 Å². The third-order valence-electron chi connectivity index (χ3n) is 4.88. The van der Waals surface area contributed by atoms with Gasteiger partial charge in [0, 0.05) is 11.9 Å². The molecule has 2 amide bonds. The summed E-state index contributed by atoms with van der Waals surface area (Å²) >= 11 is 2.17. The van der Waals surface area contributed by atoms with Gasteiger partial charge < -0.3 is 14.8 Å². The van der Waals surface area contributed by atoms with E-state index in [0.29, 0.717) is 16.5 Å². The molecule has 12 heteroatoms. The van der Waals surface area contributed by atoms with E-state index in [-0.39, 0.29) is 17.7 Å². The molecular weight excluding hydrogens is 525 g/mol. The Morgan fingerprint density at radius 2 is 1.81 bits per heavy atom. The Bertz CT molecular complexity index is 1410. The van der Waals surface area contributed by atoms with Crippen molar-refractivity contribution in [3.63, 3.8) is 0 Å². The van der Waals surface area contributed by atoms with Gasteiger partial charge in [-0.25, -0.2) is 14.2 Å². The molecule has 0 spiro atoms. The van der Waals surface area contributed by atoms with E-state index < -0.39 is 6.36 Å².